The van der Waals surface area contributed by atoms with Crippen molar-refractivity contribution in [1.29, 1.82) is 0 Å². The van der Waals surface area contributed by atoms with Crippen LogP contribution >= 0.6 is 11.6 Å². The second-order valence-corrected chi connectivity index (χ2v) is 8.35. The number of hydrogen-bond donors (Lipinski definition) is 0. The Bertz CT molecular complexity index is 1050. The minimum atomic E-state index is -0.123. The highest BCUT2D eigenvalue weighted by Gasteiger charge is 2.25. The molecule has 1 amide bonds. The Balaban J connectivity index is 1.31. The topological polar surface area (TPSA) is 67.8 Å². The van der Waals surface area contributed by atoms with E-state index in [0.717, 1.165) is 50.2 Å². The van der Waals surface area contributed by atoms with Gasteiger partial charge in [0.2, 0.25) is 5.88 Å². The van der Waals surface area contributed by atoms with E-state index in [0.29, 0.717) is 28.9 Å². The van der Waals surface area contributed by atoms with Gasteiger partial charge in [-0.3, -0.25) is 19.6 Å². The average molecular weight is 455 g/mol. The van der Waals surface area contributed by atoms with Crippen molar-refractivity contribution in [2.75, 3.05) is 33.3 Å². The average Bonchev–Trinajstić information content (AvgIpc) is 2.93. The Hall–Kier alpha value is -2.90. The highest BCUT2D eigenvalue weighted by molar-refractivity contribution is 6.30. The summed E-state index contributed by atoms with van der Waals surface area (Å²) in [5, 5.41) is 0.309. The molecule has 8 heteroatoms. The number of amides is 1. The van der Waals surface area contributed by atoms with E-state index >= 15 is 0 Å². The second kappa shape index (κ2) is 10.1. The zero-order valence-corrected chi connectivity index (χ0v) is 19.1. The SMILES string of the molecule is COc1cncc(C2=CCCN(CCCCN3C(=O)c4cc(C)ccc4OC=C3Cl)C2)n1. The Kier molecular flexibility index (Phi) is 7.07. The van der Waals surface area contributed by atoms with Crippen LogP contribution in [0, 0.1) is 6.92 Å². The summed E-state index contributed by atoms with van der Waals surface area (Å²) in [6.45, 7) is 5.26. The molecule has 0 saturated carbocycles. The van der Waals surface area contributed by atoms with E-state index < -0.39 is 0 Å². The van der Waals surface area contributed by atoms with Crippen LogP contribution in [0.5, 0.6) is 11.6 Å². The minimum Gasteiger partial charge on any atom is -0.480 e. The molecule has 2 aromatic rings. The summed E-state index contributed by atoms with van der Waals surface area (Å²) in [7, 11) is 1.59. The van der Waals surface area contributed by atoms with E-state index in [4.69, 9.17) is 21.1 Å². The lowest BCUT2D eigenvalue weighted by molar-refractivity contribution is 0.0814. The maximum atomic E-state index is 13.0. The molecule has 0 atom stereocenters. The number of halogens is 1. The number of carbonyl (C=O) groups excluding carboxylic acids is 1. The molecule has 1 aromatic heterocycles. The lowest BCUT2D eigenvalue weighted by Gasteiger charge is -2.27. The predicted molar refractivity (Wildman–Crippen MR) is 124 cm³/mol. The molecule has 3 heterocycles. The fourth-order valence-electron chi connectivity index (χ4n) is 3.93. The molecule has 1 aromatic carbocycles. The van der Waals surface area contributed by atoms with Gasteiger partial charge in [-0.15, -0.1) is 0 Å². The maximum absolute atomic E-state index is 13.0. The fourth-order valence-corrected chi connectivity index (χ4v) is 4.13. The van der Waals surface area contributed by atoms with Crippen molar-refractivity contribution in [3.05, 3.63) is 64.9 Å². The number of methoxy groups -OCH3 is 1. The minimum absolute atomic E-state index is 0.123. The first-order chi connectivity index (χ1) is 15.5. The molecule has 2 aliphatic heterocycles. The van der Waals surface area contributed by atoms with Crippen molar-refractivity contribution in [3.63, 3.8) is 0 Å². The number of aryl methyl sites for hydroxylation is 1. The predicted octanol–water partition coefficient (Wildman–Crippen LogP) is 4.24. The van der Waals surface area contributed by atoms with Crippen LogP contribution in [-0.4, -0.2) is 59.0 Å². The van der Waals surface area contributed by atoms with Crippen LogP contribution in [0.4, 0.5) is 0 Å². The largest absolute Gasteiger partial charge is 0.480 e. The number of aromatic nitrogens is 2. The van der Waals surface area contributed by atoms with Crippen LogP contribution in [0.25, 0.3) is 5.57 Å². The summed E-state index contributed by atoms with van der Waals surface area (Å²) in [6.07, 6.45) is 9.81. The van der Waals surface area contributed by atoms with Crippen molar-refractivity contribution < 1.29 is 14.3 Å². The molecule has 7 nitrogen and oxygen atoms in total. The van der Waals surface area contributed by atoms with Gasteiger partial charge in [-0.1, -0.05) is 29.3 Å². The molecule has 0 bridgehead atoms. The second-order valence-electron chi connectivity index (χ2n) is 7.96. The highest BCUT2D eigenvalue weighted by Crippen LogP contribution is 2.28. The van der Waals surface area contributed by atoms with Gasteiger partial charge in [0.15, 0.2) is 0 Å². The van der Waals surface area contributed by atoms with Gasteiger partial charge < -0.3 is 9.47 Å². The summed E-state index contributed by atoms with van der Waals surface area (Å²) in [5.41, 5.74) is 3.58. The molecule has 4 rings (SSSR count). The van der Waals surface area contributed by atoms with Gasteiger partial charge in [0.1, 0.15) is 17.2 Å². The van der Waals surface area contributed by atoms with Crippen molar-refractivity contribution in [3.8, 4) is 11.6 Å². The molecule has 0 aliphatic carbocycles. The molecule has 32 heavy (non-hydrogen) atoms. The van der Waals surface area contributed by atoms with E-state index in [1.54, 1.807) is 30.5 Å². The number of ether oxygens (including phenoxy) is 2. The molecule has 2 aliphatic rings. The van der Waals surface area contributed by atoms with Gasteiger partial charge in [0.25, 0.3) is 5.91 Å². The molecule has 0 radical (unpaired) electrons. The Morgan fingerprint density at radius 3 is 2.91 bits per heavy atom. The number of carbonyl (C=O) groups is 1. The summed E-state index contributed by atoms with van der Waals surface area (Å²) >= 11 is 6.35. The van der Waals surface area contributed by atoms with Crippen LogP contribution in [0.1, 0.15) is 40.9 Å². The smallest absolute Gasteiger partial charge is 0.262 e. The third kappa shape index (κ3) is 5.11. The molecule has 0 saturated heterocycles. The number of benzene rings is 1. The number of unbranched alkanes of at least 4 members (excludes halogenated alkanes) is 1. The van der Waals surface area contributed by atoms with E-state index in [1.807, 2.05) is 19.1 Å². The van der Waals surface area contributed by atoms with Crippen molar-refractivity contribution in [2.45, 2.75) is 26.2 Å². The normalized spacial score (nSPS) is 16.6. The molecule has 0 fully saturated rings. The van der Waals surface area contributed by atoms with Gasteiger partial charge >= 0.3 is 0 Å². The molecular weight excluding hydrogens is 428 g/mol. The maximum Gasteiger partial charge on any atom is 0.262 e. The quantitative estimate of drug-likeness (QED) is 0.460. The zero-order valence-electron chi connectivity index (χ0n) is 18.4. The molecular formula is C24H27ClN4O3. The van der Waals surface area contributed by atoms with E-state index in [2.05, 4.69) is 20.9 Å². The van der Waals surface area contributed by atoms with Crippen LogP contribution < -0.4 is 9.47 Å². The first-order valence-corrected chi connectivity index (χ1v) is 11.2. The summed E-state index contributed by atoms with van der Waals surface area (Å²) in [6, 6.07) is 5.57. The third-order valence-electron chi connectivity index (χ3n) is 5.64. The van der Waals surface area contributed by atoms with Crippen LogP contribution in [-0.2, 0) is 0 Å². The first kappa shape index (κ1) is 22.3. The van der Waals surface area contributed by atoms with Crippen molar-refractivity contribution in [1.82, 2.24) is 19.8 Å². The van der Waals surface area contributed by atoms with Gasteiger partial charge in [-0.2, -0.15) is 0 Å². The number of fused-ring (bicyclic) bond motifs is 1. The molecule has 168 valence electrons. The molecule has 0 spiro atoms. The monoisotopic (exact) mass is 454 g/mol. The number of hydrogen-bond acceptors (Lipinski definition) is 6. The van der Waals surface area contributed by atoms with Crippen LogP contribution in [0.2, 0.25) is 0 Å². The fraction of sp³-hybridized carbons (Fsp3) is 0.375. The summed E-state index contributed by atoms with van der Waals surface area (Å²) < 4.78 is 10.8. The Morgan fingerprint density at radius 1 is 1.22 bits per heavy atom. The number of nitrogens with zero attached hydrogens (tertiary/aromatic N) is 4. The van der Waals surface area contributed by atoms with Crippen molar-refractivity contribution in [2.24, 2.45) is 0 Å². The van der Waals surface area contributed by atoms with E-state index in [9.17, 15) is 4.79 Å². The van der Waals surface area contributed by atoms with Gasteiger partial charge in [-0.25, -0.2) is 4.98 Å². The van der Waals surface area contributed by atoms with E-state index in [-0.39, 0.29) is 5.91 Å². The van der Waals surface area contributed by atoms with E-state index in [1.165, 1.54) is 11.8 Å². The highest BCUT2D eigenvalue weighted by atomic mass is 35.5. The molecule has 0 N–H and O–H groups in total. The summed E-state index contributed by atoms with van der Waals surface area (Å²) in [4.78, 5) is 25.7. The third-order valence-corrected chi connectivity index (χ3v) is 5.93. The Labute approximate surface area is 193 Å². The van der Waals surface area contributed by atoms with Gasteiger partial charge in [-0.05, 0) is 50.4 Å². The van der Waals surface area contributed by atoms with Crippen LogP contribution in [0.3, 0.4) is 0 Å². The Morgan fingerprint density at radius 2 is 2.06 bits per heavy atom. The van der Waals surface area contributed by atoms with Crippen molar-refractivity contribution >= 4 is 23.1 Å². The first-order valence-electron chi connectivity index (χ1n) is 10.8. The lowest BCUT2D eigenvalue weighted by atomic mass is 10.1. The standard InChI is InChI=1S/C24H27ClN4O3/c1-17-7-8-21-19(12-17)24(30)29(22(25)16-32-21)11-4-3-9-28-10-5-6-18(15-28)20-13-26-14-23(27-20)31-2/h6-8,12-14,16H,3-5,9-11,15H2,1-2H3. The van der Waals surface area contributed by atoms with Gasteiger partial charge in [0.05, 0.1) is 30.8 Å². The molecule has 0 unspecified atom stereocenters. The zero-order chi connectivity index (χ0) is 22.5. The summed E-state index contributed by atoms with van der Waals surface area (Å²) in [5.74, 6) is 0.935. The number of rotatable bonds is 7. The van der Waals surface area contributed by atoms with Gasteiger partial charge in [0, 0.05) is 19.6 Å². The van der Waals surface area contributed by atoms with Crippen LogP contribution in [0.15, 0.2) is 48.1 Å². The lowest BCUT2D eigenvalue weighted by Crippen LogP contribution is -2.32.